The molecule has 0 radical (unpaired) electrons. The van der Waals surface area contributed by atoms with Gasteiger partial charge in [-0.1, -0.05) is 17.9 Å². The Hall–Kier alpha value is -3.57. The van der Waals surface area contributed by atoms with Crippen LogP contribution in [0.2, 0.25) is 0 Å². The molecular formula is C24H18F5N3O5. The second-order valence-electron chi connectivity index (χ2n) is 8.75. The Labute approximate surface area is 205 Å². The summed E-state index contributed by atoms with van der Waals surface area (Å²) in [6, 6.07) is 6.00. The van der Waals surface area contributed by atoms with E-state index in [-0.39, 0.29) is 48.4 Å². The molecule has 1 aliphatic carbocycles. The Balaban J connectivity index is 1.72. The van der Waals surface area contributed by atoms with Crippen molar-refractivity contribution in [2.24, 2.45) is 5.41 Å². The first-order valence-electron chi connectivity index (χ1n) is 11.0. The third kappa shape index (κ3) is 4.21. The zero-order chi connectivity index (χ0) is 26.8. The van der Waals surface area contributed by atoms with Crippen LogP contribution in [0.25, 0.3) is 10.9 Å². The van der Waals surface area contributed by atoms with Crippen LogP contribution in [0, 0.1) is 28.9 Å². The zero-order valence-electron chi connectivity index (χ0n) is 18.8. The van der Waals surface area contributed by atoms with E-state index in [1.165, 1.54) is 23.1 Å². The molecule has 194 valence electrons. The van der Waals surface area contributed by atoms with E-state index < -0.39 is 51.7 Å². The first kappa shape index (κ1) is 25.1. The number of hydrogen-bond donors (Lipinski definition) is 3. The lowest BCUT2D eigenvalue weighted by molar-refractivity contribution is -0.374. The Kier molecular flexibility index (Phi) is 5.76. The van der Waals surface area contributed by atoms with Crippen molar-refractivity contribution in [2.45, 2.75) is 31.7 Å². The minimum atomic E-state index is -4.48. The molecule has 2 aliphatic rings. The molecule has 0 bridgehead atoms. The van der Waals surface area contributed by atoms with Crippen LogP contribution in [0.5, 0.6) is 0 Å². The molecule has 8 nitrogen and oxygen atoms in total. The largest absolute Gasteiger partial charge is 0.405 e. The van der Waals surface area contributed by atoms with Crippen LogP contribution in [-0.4, -0.2) is 44.2 Å². The van der Waals surface area contributed by atoms with Gasteiger partial charge in [0.15, 0.2) is 17.5 Å². The third-order valence-electron chi connectivity index (χ3n) is 6.36. The number of hydrogen-bond acceptors (Lipinski definition) is 7. The third-order valence-corrected chi connectivity index (χ3v) is 6.36. The molecule has 5 rings (SSSR count). The molecule has 3 aromatic rings. The van der Waals surface area contributed by atoms with Gasteiger partial charge in [0.05, 0.1) is 24.1 Å². The number of ether oxygens (including phenoxy) is 1. The van der Waals surface area contributed by atoms with Crippen molar-refractivity contribution >= 4 is 22.4 Å². The quantitative estimate of drug-likeness (QED) is 0.269. The molecule has 1 fully saturated rings. The molecule has 1 aromatic heterocycles. The predicted octanol–water partition coefficient (Wildman–Crippen LogP) is 2.58. The number of aliphatic hydroxyl groups is 3. The van der Waals surface area contributed by atoms with Crippen molar-refractivity contribution in [2.75, 3.05) is 18.1 Å². The first-order valence-corrected chi connectivity index (χ1v) is 11.0. The highest BCUT2D eigenvalue weighted by Crippen LogP contribution is 2.57. The average Bonchev–Trinajstić information content (AvgIpc) is 3.62. The molecule has 0 atom stereocenters. The van der Waals surface area contributed by atoms with Gasteiger partial charge >= 0.3 is 18.0 Å². The van der Waals surface area contributed by atoms with Gasteiger partial charge in [-0.25, -0.2) is 18.1 Å². The normalized spacial score (nSPS) is 17.1. The Morgan fingerprint density at radius 3 is 2.46 bits per heavy atom. The molecule has 13 heteroatoms. The molecule has 37 heavy (non-hydrogen) atoms. The van der Waals surface area contributed by atoms with Crippen LogP contribution >= 0.6 is 0 Å². The summed E-state index contributed by atoms with van der Waals surface area (Å²) < 4.78 is 75.0. The minimum Gasteiger partial charge on any atom is -0.375 e. The fourth-order valence-electron chi connectivity index (χ4n) is 4.28. The summed E-state index contributed by atoms with van der Waals surface area (Å²) in [5, 5.41) is 28.3. The lowest BCUT2D eigenvalue weighted by Crippen LogP contribution is -2.43. The number of alkyl halides is 3. The van der Waals surface area contributed by atoms with Gasteiger partial charge in [-0.2, -0.15) is 18.2 Å². The van der Waals surface area contributed by atoms with E-state index in [9.17, 15) is 37.7 Å². The molecule has 2 aromatic carbocycles. The van der Waals surface area contributed by atoms with Crippen molar-refractivity contribution in [3.8, 4) is 11.8 Å². The number of rotatable bonds is 2. The summed E-state index contributed by atoms with van der Waals surface area (Å²) in [7, 11) is 0. The van der Waals surface area contributed by atoms with E-state index in [0.717, 1.165) is 6.07 Å². The van der Waals surface area contributed by atoms with Gasteiger partial charge in [-0.05, 0) is 37.1 Å². The number of anilines is 2. The van der Waals surface area contributed by atoms with Crippen molar-refractivity contribution in [1.82, 2.24) is 9.55 Å². The number of benzene rings is 2. The van der Waals surface area contributed by atoms with Gasteiger partial charge in [0.25, 0.3) is 0 Å². The summed E-state index contributed by atoms with van der Waals surface area (Å²) in [5.41, 5.74) is -3.24. The van der Waals surface area contributed by atoms with Gasteiger partial charge in [0.2, 0.25) is 0 Å². The highest BCUT2D eigenvalue weighted by molar-refractivity contribution is 5.93. The molecule has 0 amide bonds. The van der Waals surface area contributed by atoms with Crippen molar-refractivity contribution in [3.05, 3.63) is 63.6 Å². The molecule has 2 heterocycles. The van der Waals surface area contributed by atoms with Gasteiger partial charge in [-0.15, -0.1) is 0 Å². The van der Waals surface area contributed by atoms with Crippen LogP contribution in [0.1, 0.15) is 24.0 Å². The maximum absolute atomic E-state index is 15.1. The molecule has 0 spiro atoms. The SMILES string of the molecule is O=c1nc(N2CCOCc3c(C#CC4(C(F)(F)F)CC4)cccc32)c2c(F)c(F)ccc2n1C(O)(O)O. The lowest BCUT2D eigenvalue weighted by atomic mass is 10.0. The standard InChI is InChI=1S/C24H18F5N3O5/c25-15-4-5-17-18(19(15)26)20(30-21(33)32(17)24(34,35)36)31-10-11-37-12-14-13(2-1-3-16(14)31)6-7-22(8-9-22)23(27,28)29/h1-5,34-36H,8-12H2. The van der Waals surface area contributed by atoms with Gasteiger partial charge in [-0.3, -0.25) is 0 Å². The van der Waals surface area contributed by atoms with E-state index in [2.05, 4.69) is 16.8 Å². The van der Waals surface area contributed by atoms with E-state index in [1.54, 1.807) is 0 Å². The fourth-order valence-corrected chi connectivity index (χ4v) is 4.28. The second-order valence-corrected chi connectivity index (χ2v) is 8.75. The molecule has 1 saturated carbocycles. The maximum Gasteiger partial charge on any atom is 0.405 e. The van der Waals surface area contributed by atoms with Crippen LogP contribution in [0.4, 0.5) is 33.5 Å². The molecular weight excluding hydrogens is 505 g/mol. The summed E-state index contributed by atoms with van der Waals surface area (Å²) in [5.74, 6) is 1.65. The first-order chi connectivity index (χ1) is 17.3. The molecule has 1 aliphatic heterocycles. The highest BCUT2D eigenvalue weighted by Gasteiger charge is 2.62. The number of aromatic nitrogens is 2. The maximum atomic E-state index is 15.1. The highest BCUT2D eigenvalue weighted by atomic mass is 19.4. The Morgan fingerprint density at radius 2 is 1.81 bits per heavy atom. The van der Waals surface area contributed by atoms with E-state index in [4.69, 9.17) is 4.74 Å². The predicted molar refractivity (Wildman–Crippen MR) is 118 cm³/mol. The smallest absolute Gasteiger partial charge is 0.375 e. The van der Waals surface area contributed by atoms with Crippen LogP contribution < -0.4 is 10.6 Å². The lowest BCUT2D eigenvalue weighted by Gasteiger charge is -2.27. The summed E-state index contributed by atoms with van der Waals surface area (Å²) >= 11 is 0. The molecule has 0 unspecified atom stereocenters. The van der Waals surface area contributed by atoms with Crippen LogP contribution in [-0.2, 0) is 17.4 Å². The zero-order valence-corrected chi connectivity index (χ0v) is 18.8. The van der Waals surface area contributed by atoms with E-state index >= 15 is 4.39 Å². The number of nitrogens with zero attached hydrogens (tertiary/aromatic N) is 3. The Morgan fingerprint density at radius 1 is 1.08 bits per heavy atom. The van der Waals surface area contributed by atoms with Gasteiger partial charge < -0.3 is 25.0 Å². The summed E-state index contributed by atoms with van der Waals surface area (Å²) in [4.78, 5) is 17.7. The van der Waals surface area contributed by atoms with Crippen molar-refractivity contribution in [1.29, 1.82) is 0 Å². The van der Waals surface area contributed by atoms with Crippen LogP contribution in [0.15, 0.2) is 35.1 Å². The minimum absolute atomic E-state index is 0.00116. The fraction of sp³-hybridized carbons (Fsp3) is 0.333. The van der Waals surface area contributed by atoms with E-state index in [1.807, 2.05) is 0 Å². The second kappa shape index (κ2) is 8.49. The topological polar surface area (TPSA) is 108 Å². The number of fused-ring (bicyclic) bond motifs is 2. The Bertz CT molecular complexity index is 1530. The van der Waals surface area contributed by atoms with Gasteiger partial charge in [0, 0.05) is 23.4 Å². The summed E-state index contributed by atoms with van der Waals surface area (Å²) in [6.45, 7) is -0.115. The average molecular weight is 523 g/mol. The van der Waals surface area contributed by atoms with Gasteiger partial charge in [0.1, 0.15) is 5.41 Å². The number of halogens is 5. The molecule has 0 saturated heterocycles. The van der Waals surface area contributed by atoms with Crippen molar-refractivity contribution in [3.63, 3.8) is 0 Å². The monoisotopic (exact) mass is 523 g/mol. The van der Waals surface area contributed by atoms with Crippen molar-refractivity contribution < 1.29 is 42.0 Å². The van der Waals surface area contributed by atoms with Crippen LogP contribution in [0.3, 0.4) is 0 Å². The molecule has 3 N–H and O–H groups in total. The summed E-state index contributed by atoms with van der Waals surface area (Å²) in [6.07, 6.45) is -8.48. The van der Waals surface area contributed by atoms with E-state index in [0.29, 0.717) is 11.6 Å².